The number of halogens is 1. The van der Waals surface area contributed by atoms with E-state index in [4.69, 9.17) is 5.73 Å². The molecule has 0 unspecified atom stereocenters. The van der Waals surface area contributed by atoms with Gasteiger partial charge in [-0.1, -0.05) is 0 Å². The van der Waals surface area contributed by atoms with Crippen molar-refractivity contribution < 1.29 is 0 Å². The summed E-state index contributed by atoms with van der Waals surface area (Å²) >= 11 is 3.46. The average molecular weight is 280 g/mol. The molecule has 2 heterocycles. The molecule has 84 valence electrons. The third kappa shape index (κ3) is 1.33. The molecule has 2 N–H and O–H groups in total. The van der Waals surface area contributed by atoms with E-state index in [1.807, 2.05) is 6.20 Å². The largest absolute Gasteiger partial charge is 0.346 e. The van der Waals surface area contributed by atoms with Gasteiger partial charge in [-0.25, -0.2) is 0 Å². The lowest BCUT2D eigenvalue weighted by Crippen LogP contribution is -2.22. The smallest absolute Gasteiger partial charge is 0.0884 e. The Kier molecular flexibility index (Phi) is 2.13. The molecule has 0 amide bonds. The van der Waals surface area contributed by atoms with Crippen LogP contribution in [0.15, 0.2) is 22.8 Å². The van der Waals surface area contributed by atoms with E-state index in [9.17, 15) is 0 Å². The fourth-order valence-corrected chi connectivity index (χ4v) is 2.72. The van der Waals surface area contributed by atoms with Crippen molar-refractivity contribution in [1.29, 1.82) is 0 Å². The Morgan fingerprint density at radius 1 is 1.50 bits per heavy atom. The van der Waals surface area contributed by atoms with E-state index in [-0.39, 0.29) is 5.41 Å². The average Bonchev–Trinajstić information content (AvgIpc) is 3.01. The Morgan fingerprint density at radius 3 is 2.88 bits per heavy atom. The van der Waals surface area contributed by atoms with Crippen LogP contribution < -0.4 is 5.73 Å². The maximum Gasteiger partial charge on any atom is 0.0884 e. The molecular weight excluding hydrogens is 266 g/mol. The number of aryl methyl sites for hydroxylation is 1. The molecule has 0 spiro atoms. The summed E-state index contributed by atoms with van der Waals surface area (Å²) in [5.74, 6) is 0. The van der Waals surface area contributed by atoms with Crippen molar-refractivity contribution in [2.75, 3.05) is 6.54 Å². The lowest BCUT2D eigenvalue weighted by atomic mass is 10.0. The molecule has 0 radical (unpaired) electrons. The molecule has 0 saturated heterocycles. The van der Waals surface area contributed by atoms with Crippen LogP contribution in [0.1, 0.15) is 18.5 Å². The Morgan fingerprint density at radius 2 is 2.25 bits per heavy atom. The molecular formula is C12H14BrN3. The van der Waals surface area contributed by atoms with E-state index in [0.29, 0.717) is 0 Å². The van der Waals surface area contributed by atoms with Gasteiger partial charge in [-0.3, -0.25) is 4.98 Å². The fourth-order valence-electron chi connectivity index (χ4n) is 2.40. The lowest BCUT2D eigenvalue weighted by Gasteiger charge is -2.13. The molecule has 0 aliphatic heterocycles. The Labute approximate surface area is 103 Å². The van der Waals surface area contributed by atoms with Gasteiger partial charge in [0.2, 0.25) is 0 Å². The van der Waals surface area contributed by atoms with Crippen LogP contribution in [0, 0.1) is 0 Å². The molecule has 4 heteroatoms. The van der Waals surface area contributed by atoms with Crippen molar-refractivity contribution in [3.05, 3.63) is 28.5 Å². The number of fused-ring (bicyclic) bond motifs is 1. The minimum atomic E-state index is 0.224. The lowest BCUT2D eigenvalue weighted by molar-refractivity contribution is 0.645. The van der Waals surface area contributed by atoms with Gasteiger partial charge in [-0.05, 0) is 40.9 Å². The van der Waals surface area contributed by atoms with Gasteiger partial charge >= 0.3 is 0 Å². The first-order chi connectivity index (χ1) is 7.66. The summed E-state index contributed by atoms with van der Waals surface area (Å²) in [5.41, 5.74) is 9.66. The van der Waals surface area contributed by atoms with Crippen LogP contribution in [-0.2, 0) is 12.5 Å². The topological polar surface area (TPSA) is 43.8 Å². The summed E-state index contributed by atoms with van der Waals surface area (Å²) in [4.78, 5) is 4.43. The normalized spacial score (nSPS) is 17.9. The number of pyridine rings is 1. The first-order valence-corrected chi connectivity index (χ1v) is 6.27. The predicted molar refractivity (Wildman–Crippen MR) is 68.4 cm³/mol. The van der Waals surface area contributed by atoms with E-state index in [1.165, 1.54) is 24.1 Å². The molecule has 3 rings (SSSR count). The molecule has 2 aromatic rings. The summed E-state index contributed by atoms with van der Waals surface area (Å²) < 4.78 is 3.25. The van der Waals surface area contributed by atoms with Gasteiger partial charge in [0, 0.05) is 35.4 Å². The molecule has 1 saturated carbocycles. The molecule has 1 fully saturated rings. The van der Waals surface area contributed by atoms with Crippen LogP contribution in [0.5, 0.6) is 0 Å². The van der Waals surface area contributed by atoms with E-state index < -0.39 is 0 Å². The number of rotatable bonds is 2. The Balaban J connectivity index is 2.24. The van der Waals surface area contributed by atoms with Crippen molar-refractivity contribution in [3.63, 3.8) is 0 Å². The molecule has 16 heavy (non-hydrogen) atoms. The summed E-state index contributed by atoms with van der Waals surface area (Å²) in [6.07, 6.45) is 4.25. The van der Waals surface area contributed by atoms with Crippen LogP contribution in [0.25, 0.3) is 11.0 Å². The predicted octanol–water partition coefficient (Wildman–Crippen LogP) is 2.33. The molecule has 0 bridgehead atoms. The van der Waals surface area contributed by atoms with Crippen molar-refractivity contribution >= 4 is 27.0 Å². The molecule has 3 nitrogen and oxygen atoms in total. The van der Waals surface area contributed by atoms with E-state index in [1.54, 1.807) is 0 Å². The highest BCUT2D eigenvalue weighted by Crippen LogP contribution is 2.48. The zero-order chi connectivity index (χ0) is 11.3. The number of hydrogen-bond acceptors (Lipinski definition) is 2. The van der Waals surface area contributed by atoms with Gasteiger partial charge in [0.15, 0.2) is 0 Å². The number of nitrogens with zero attached hydrogens (tertiary/aromatic N) is 2. The molecule has 0 aromatic carbocycles. The monoisotopic (exact) mass is 279 g/mol. The standard InChI is InChI=1S/C12H14BrN3/c1-16-10-4-8(13)6-15-9(10)5-11(16)12(7-14)2-3-12/h4-6H,2-3,7,14H2,1H3. The highest BCUT2D eigenvalue weighted by atomic mass is 79.9. The van der Waals surface area contributed by atoms with Gasteiger partial charge in [0.25, 0.3) is 0 Å². The summed E-state index contributed by atoms with van der Waals surface area (Å²) in [5, 5.41) is 0. The zero-order valence-electron chi connectivity index (χ0n) is 9.20. The van der Waals surface area contributed by atoms with Crippen LogP contribution in [-0.4, -0.2) is 16.1 Å². The SMILES string of the molecule is Cn1c(C2(CN)CC2)cc2ncc(Br)cc21. The summed E-state index contributed by atoms with van der Waals surface area (Å²) in [6, 6.07) is 4.29. The van der Waals surface area contributed by atoms with Crippen LogP contribution in [0.2, 0.25) is 0 Å². The number of aromatic nitrogens is 2. The molecule has 1 aliphatic rings. The fraction of sp³-hybridized carbons (Fsp3) is 0.417. The minimum Gasteiger partial charge on any atom is -0.346 e. The Hall–Kier alpha value is -0.870. The third-order valence-electron chi connectivity index (χ3n) is 3.65. The summed E-state index contributed by atoms with van der Waals surface area (Å²) in [6.45, 7) is 0.734. The molecule has 1 aliphatic carbocycles. The second kappa shape index (κ2) is 3.31. The zero-order valence-corrected chi connectivity index (χ0v) is 10.8. The van der Waals surface area contributed by atoms with E-state index in [0.717, 1.165) is 16.5 Å². The first-order valence-electron chi connectivity index (χ1n) is 5.48. The minimum absolute atomic E-state index is 0.224. The first kappa shape index (κ1) is 10.3. The maximum absolute atomic E-state index is 5.88. The Bertz CT molecular complexity index is 555. The van der Waals surface area contributed by atoms with Crippen molar-refractivity contribution in [1.82, 2.24) is 9.55 Å². The van der Waals surface area contributed by atoms with Crippen molar-refractivity contribution in [3.8, 4) is 0 Å². The van der Waals surface area contributed by atoms with E-state index >= 15 is 0 Å². The van der Waals surface area contributed by atoms with Gasteiger partial charge in [0.1, 0.15) is 0 Å². The molecule has 0 atom stereocenters. The van der Waals surface area contributed by atoms with Gasteiger partial charge in [-0.2, -0.15) is 0 Å². The second-order valence-electron chi connectivity index (χ2n) is 4.63. The van der Waals surface area contributed by atoms with Gasteiger partial charge < -0.3 is 10.3 Å². The van der Waals surface area contributed by atoms with Crippen LogP contribution >= 0.6 is 15.9 Å². The number of nitrogens with two attached hydrogens (primary N) is 1. The number of hydrogen-bond donors (Lipinski definition) is 1. The molecule has 2 aromatic heterocycles. The van der Waals surface area contributed by atoms with Crippen LogP contribution in [0.3, 0.4) is 0 Å². The summed E-state index contributed by atoms with van der Waals surface area (Å²) in [7, 11) is 2.10. The maximum atomic E-state index is 5.88. The highest BCUT2D eigenvalue weighted by molar-refractivity contribution is 9.10. The second-order valence-corrected chi connectivity index (χ2v) is 5.55. The van der Waals surface area contributed by atoms with Gasteiger partial charge in [0.05, 0.1) is 11.0 Å². The highest BCUT2D eigenvalue weighted by Gasteiger charge is 2.45. The third-order valence-corrected chi connectivity index (χ3v) is 4.08. The quantitative estimate of drug-likeness (QED) is 0.917. The van der Waals surface area contributed by atoms with Crippen molar-refractivity contribution in [2.24, 2.45) is 12.8 Å². The van der Waals surface area contributed by atoms with Crippen LogP contribution in [0.4, 0.5) is 0 Å². The van der Waals surface area contributed by atoms with Crippen molar-refractivity contribution in [2.45, 2.75) is 18.3 Å². The van der Waals surface area contributed by atoms with Gasteiger partial charge in [-0.15, -0.1) is 0 Å². The van der Waals surface area contributed by atoms with E-state index in [2.05, 4.69) is 44.7 Å².